The van der Waals surface area contributed by atoms with E-state index in [-0.39, 0.29) is 11.4 Å². The molecule has 4 aromatic rings. The lowest BCUT2D eigenvalue weighted by Gasteiger charge is -2.09. The molecule has 0 aliphatic carbocycles. The van der Waals surface area contributed by atoms with Gasteiger partial charge in [0.2, 0.25) is 0 Å². The van der Waals surface area contributed by atoms with Gasteiger partial charge in [0.15, 0.2) is 17.2 Å². The number of aromatic hydroxyl groups is 1. The van der Waals surface area contributed by atoms with Gasteiger partial charge in [-0.3, -0.25) is 0 Å². The molecular formula is C21H14N2O4. The van der Waals surface area contributed by atoms with Crippen molar-refractivity contribution in [2.24, 2.45) is 0 Å². The van der Waals surface area contributed by atoms with Crippen LogP contribution in [-0.4, -0.2) is 21.0 Å². The Morgan fingerprint density at radius 2 is 1.52 bits per heavy atom. The highest BCUT2D eigenvalue weighted by atomic mass is 16.5. The number of benzene rings is 3. The molecule has 1 N–H and O–H groups in total. The average Bonchev–Trinajstić information content (AvgIpc) is 2.70. The largest absolute Gasteiger partial charge is 0.504 e. The average molecular weight is 358 g/mol. The molecule has 0 amide bonds. The van der Waals surface area contributed by atoms with Crippen molar-refractivity contribution in [3.63, 3.8) is 0 Å². The number of fused-ring (bicyclic) bond motifs is 1. The van der Waals surface area contributed by atoms with Crippen LogP contribution < -0.4 is 9.47 Å². The van der Waals surface area contributed by atoms with Gasteiger partial charge in [-0.15, -0.1) is 0 Å². The number of phenols is 1. The van der Waals surface area contributed by atoms with E-state index in [1.165, 1.54) is 12.4 Å². The van der Waals surface area contributed by atoms with Crippen LogP contribution in [0.25, 0.3) is 10.9 Å². The maximum Gasteiger partial charge on any atom is 0.363 e. The Kier molecular flexibility index (Phi) is 4.37. The second-order valence-corrected chi connectivity index (χ2v) is 5.67. The number of esters is 1. The summed E-state index contributed by atoms with van der Waals surface area (Å²) in [4.78, 5) is 20.7. The van der Waals surface area contributed by atoms with Gasteiger partial charge in [0, 0.05) is 5.39 Å². The molecule has 27 heavy (non-hydrogen) atoms. The molecule has 0 aliphatic heterocycles. The molecule has 1 heterocycles. The summed E-state index contributed by atoms with van der Waals surface area (Å²) < 4.78 is 11.0. The van der Waals surface area contributed by atoms with Crippen molar-refractivity contribution in [3.05, 3.63) is 84.8 Å². The Morgan fingerprint density at radius 3 is 2.33 bits per heavy atom. The van der Waals surface area contributed by atoms with Gasteiger partial charge < -0.3 is 14.6 Å². The molecule has 0 radical (unpaired) electrons. The minimum atomic E-state index is -0.567. The van der Waals surface area contributed by atoms with Crippen LogP contribution in [0.3, 0.4) is 0 Å². The third-order valence-electron chi connectivity index (χ3n) is 3.86. The van der Waals surface area contributed by atoms with Gasteiger partial charge in [0.1, 0.15) is 17.8 Å². The second-order valence-electron chi connectivity index (χ2n) is 5.67. The first kappa shape index (κ1) is 16.5. The molecule has 1 aromatic heterocycles. The summed E-state index contributed by atoms with van der Waals surface area (Å²) in [5, 5.41) is 10.4. The van der Waals surface area contributed by atoms with E-state index in [0.29, 0.717) is 28.2 Å². The minimum absolute atomic E-state index is 0.0450. The minimum Gasteiger partial charge on any atom is -0.504 e. The summed E-state index contributed by atoms with van der Waals surface area (Å²) in [7, 11) is 0. The van der Waals surface area contributed by atoms with E-state index in [0.717, 1.165) is 0 Å². The number of hydrogen-bond donors (Lipinski definition) is 1. The van der Waals surface area contributed by atoms with E-state index in [1.807, 2.05) is 12.1 Å². The number of carbonyl (C=O) groups excluding carboxylic acids is 1. The highest BCUT2D eigenvalue weighted by molar-refractivity contribution is 6.02. The molecule has 0 saturated heterocycles. The molecule has 6 heteroatoms. The van der Waals surface area contributed by atoms with Gasteiger partial charge in [-0.05, 0) is 42.5 Å². The van der Waals surface area contributed by atoms with Crippen molar-refractivity contribution in [1.82, 2.24) is 9.97 Å². The van der Waals surface area contributed by atoms with Gasteiger partial charge >= 0.3 is 5.97 Å². The first-order valence-corrected chi connectivity index (χ1v) is 8.18. The van der Waals surface area contributed by atoms with Crippen molar-refractivity contribution in [2.45, 2.75) is 0 Å². The molecule has 0 saturated carbocycles. The van der Waals surface area contributed by atoms with Crippen LogP contribution in [0, 0.1) is 0 Å². The van der Waals surface area contributed by atoms with Crippen LogP contribution in [0.15, 0.2) is 79.1 Å². The predicted octanol–water partition coefficient (Wildman–Crippen LogP) is 4.35. The third-order valence-corrected chi connectivity index (χ3v) is 3.86. The first-order chi connectivity index (χ1) is 13.2. The van der Waals surface area contributed by atoms with Gasteiger partial charge in [0.25, 0.3) is 0 Å². The van der Waals surface area contributed by atoms with Crippen LogP contribution in [0.1, 0.15) is 10.5 Å². The Labute approximate surface area is 154 Å². The Morgan fingerprint density at radius 1 is 0.815 bits per heavy atom. The van der Waals surface area contributed by atoms with Crippen LogP contribution in [0.4, 0.5) is 0 Å². The van der Waals surface area contributed by atoms with Crippen molar-refractivity contribution in [3.8, 4) is 23.0 Å². The molecule has 6 nitrogen and oxygen atoms in total. The summed E-state index contributed by atoms with van der Waals surface area (Å²) in [6.45, 7) is 0. The molecule has 0 bridgehead atoms. The van der Waals surface area contributed by atoms with Gasteiger partial charge in [-0.2, -0.15) is 0 Å². The van der Waals surface area contributed by atoms with Gasteiger partial charge in [0.05, 0.1) is 5.52 Å². The predicted molar refractivity (Wildman–Crippen MR) is 99.1 cm³/mol. The quantitative estimate of drug-likeness (QED) is 0.431. The smallest absolute Gasteiger partial charge is 0.363 e. The summed E-state index contributed by atoms with van der Waals surface area (Å²) in [5.74, 6) is 0.678. The molecule has 132 valence electrons. The summed E-state index contributed by atoms with van der Waals surface area (Å²) >= 11 is 0. The molecule has 3 aromatic carbocycles. The van der Waals surface area contributed by atoms with E-state index in [9.17, 15) is 9.90 Å². The number of para-hydroxylation sites is 3. The number of hydrogen-bond acceptors (Lipinski definition) is 6. The topological polar surface area (TPSA) is 81.5 Å². The SMILES string of the molecule is O=C(Oc1ccc(Oc2ccccc2O)cc1)c1ncnc2ccccc12. The van der Waals surface area contributed by atoms with Crippen molar-refractivity contribution >= 4 is 16.9 Å². The lowest BCUT2D eigenvalue weighted by Crippen LogP contribution is -2.11. The zero-order valence-corrected chi connectivity index (χ0v) is 14.1. The molecule has 0 atom stereocenters. The lowest BCUT2D eigenvalue weighted by atomic mass is 10.2. The number of phenolic OH excluding ortho intramolecular Hbond substituents is 1. The molecule has 0 spiro atoms. The Bertz CT molecular complexity index is 1110. The van der Waals surface area contributed by atoms with E-state index >= 15 is 0 Å². The first-order valence-electron chi connectivity index (χ1n) is 8.18. The number of rotatable bonds is 4. The van der Waals surface area contributed by atoms with E-state index in [4.69, 9.17) is 9.47 Å². The van der Waals surface area contributed by atoms with Crippen LogP contribution in [0.2, 0.25) is 0 Å². The van der Waals surface area contributed by atoms with Crippen molar-refractivity contribution in [1.29, 1.82) is 0 Å². The van der Waals surface area contributed by atoms with Gasteiger partial charge in [-0.1, -0.05) is 30.3 Å². The fourth-order valence-corrected chi connectivity index (χ4v) is 2.57. The lowest BCUT2D eigenvalue weighted by molar-refractivity contribution is 0.0730. The normalized spacial score (nSPS) is 10.5. The highest BCUT2D eigenvalue weighted by Crippen LogP contribution is 2.30. The fraction of sp³-hybridized carbons (Fsp3) is 0. The van der Waals surface area contributed by atoms with E-state index in [2.05, 4.69) is 9.97 Å². The van der Waals surface area contributed by atoms with Crippen LogP contribution in [0.5, 0.6) is 23.0 Å². The molecule has 0 aliphatic rings. The molecule has 0 unspecified atom stereocenters. The maximum atomic E-state index is 12.5. The maximum absolute atomic E-state index is 12.5. The molecular weight excluding hydrogens is 344 g/mol. The van der Waals surface area contributed by atoms with E-state index < -0.39 is 5.97 Å². The zero-order chi connectivity index (χ0) is 18.6. The number of carbonyl (C=O) groups is 1. The number of ether oxygens (including phenoxy) is 2. The Balaban J connectivity index is 1.51. The standard InChI is InChI=1S/C21H14N2O4/c24-18-7-3-4-8-19(18)26-14-9-11-15(12-10-14)27-21(25)20-16-5-1-2-6-17(16)22-13-23-20/h1-13,24H. The van der Waals surface area contributed by atoms with Crippen LogP contribution in [-0.2, 0) is 0 Å². The number of aromatic nitrogens is 2. The van der Waals surface area contributed by atoms with E-state index in [1.54, 1.807) is 54.6 Å². The zero-order valence-electron chi connectivity index (χ0n) is 14.1. The number of nitrogens with zero attached hydrogens (tertiary/aromatic N) is 2. The highest BCUT2D eigenvalue weighted by Gasteiger charge is 2.15. The molecule has 0 fully saturated rings. The Hall–Kier alpha value is -3.93. The van der Waals surface area contributed by atoms with Gasteiger partial charge in [-0.25, -0.2) is 14.8 Å². The summed E-state index contributed by atoms with van der Waals surface area (Å²) in [5.41, 5.74) is 0.876. The summed E-state index contributed by atoms with van der Waals surface area (Å²) in [6.07, 6.45) is 1.34. The third kappa shape index (κ3) is 3.55. The second kappa shape index (κ2) is 7.13. The molecule has 4 rings (SSSR count). The van der Waals surface area contributed by atoms with Crippen LogP contribution >= 0.6 is 0 Å². The van der Waals surface area contributed by atoms with Crippen molar-refractivity contribution in [2.75, 3.05) is 0 Å². The monoisotopic (exact) mass is 358 g/mol. The summed E-state index contributed by atoms with van der Waals surface area (Å²) in [6, 6.07) is 20.4. The fourth-order valence-electron chi connectivity index (χ4n) is 2.57. The van der Waals surface area contributed by atoms with Crippen molar-refractivity contribution < 1.29 is 19.4 Å².